The Balaban J connectivity index is 1.88. The molecule has 1 aliphatic carbocycles. The van der Waals surface area contributed by atoms with Gasteiger partial charge in [-0.3, -0.25) is 4.99 Å². The summed E-state index contributed by atoms with van der Waals surface area (Å²) in [5.74, 6) is 1.68. The Kier molecular flexibility index (Phi) is 5.47. The van der Waals surface area contributed by atoms with Crippen molar-refractivity contribution < 1.29 is 4.74 Å². The summed E-state index contributed by atoms with van der Waals surface area (Å²) in [6.07, 6.45) is 6.53. The fourth-order valence-electron chi connectivity index (χ4n) is 2.13. The van der Waals surface area contributed by atoms with Crippen molar-refractivity contribution in [2.75, 3.05) is 14.2 Å². The van der Waals surface area contributed by atoms with Crippen LogP contribution in [0.5, 0.6) is 5.75 Å². The Bertz CT molecular complexity index is 506. The lowest BCUT2D eigenvalue weighted by Crippen LogP contribution is -2.42. The first-order valence-electron chi connectivity index (χ1n) is 6.67. The Labute approximate surface area is 128 Å². The van der Waals surface area contributed by atoms with Crippen LogP contribution in [0.15, 0.2) is 39.8 Å². The fraction of sp³-hybridized carbons (Fsp3) is 0.400. The van der Waals surface area contributed by atoms with Crippen molar-refractivity contribution in [2.45, 2.75) is 25.4 Å². The van der Waals surface area contributed by atoms with Crippen molar-refractivity contribution in [3.05, 3.63) is 40.4 Å². The molecule has 0 fully saturated rings. The minimum absolute atomic E-state index is 0.462. The Morgan fingerprint density at radius 1 is 1.40 bits per heavy atom. The van der Waals surface area contributed by atoms with E-state index in [-0.39, 0.29) is 0 Å². The molecular weight excluding hydrogens is 318 g/mol. The van der Waals surface area contributed by atoms with Crippen LogP contribution < -0.4 is 15.4 Å². The van der Waals surface area contributed by atoms with Gasteiger partial charge >= 0.3 is 0 Å². The van der Waals surface area contributed by atoms with E-state index in [0.29, 0.717) is 6.04 Å². The number of benzene rings is 1. The largest absolute Gasteiger partial charge is 0.496 e. The van der Waals surface area contributed by atoms with Gasteiger partial charge < -0.3 is 15.4 Å². The SMILES string of the molecule is CN=C(NCc1ccc(OC)c(Br)c1)NC1CC=CC1. The van der Waals surface area contributed by atoms with E-state index in [1.165, 1.54) is 5.56 Å². The van der Waals surface area contributed by atoms with E-state index in [4.69, 9.17) is 4.74 Å². The lowest BCUT2D eigenvalue weighted by Gasteiger charge is -2.17. The van der Waals surface area contributed by atoms with E-state index in [2.05, 4.69) is 49.8 Å². The van der Waals surface area contributed by atoms with Crippen LogP contribution in [0.2, 0.25) is 0 Å². The lowest BCUT2D eigenvalue weighted by molar-refractivity contribution is 0.412. The zero-order valence-electron chi connectivity index (χ0n) is 11.8. The summed E-state index contributed by atoms with van der Waals surface area (Å²) in [6.45, 7) is 0.725. The predicted octanol–water partition coefficient (Wildman–Crippen LogP) is 2.84. The van der Waals surface area contributed by atoms with Crippen LogP contribution in [-0.4, -0.2) is 26.2 Å². The van der Waals surface area contributed by atoms with Gasteiger partial charge in [-0.25, -0.2) is 0 Å². The van der Waals surface area contributed by atoms with E-state index in [1.54, 1.807) is 14.2 Å². The summed E-state index contributed by atoms with van der Waals surface area (Å²) in [4.78, 5) is 4.25. The van der Waals surface area contributed by atoms with Gasteiger partial charge in [0.25, 0.3) is 0 Å². The number of hydrogen-bond donors (Lipinski definition) is 2. The number of guanidine groups is 1. The monoisotopic (exact) mass is 337 g/mol. The standard InChI is InChI=1S/C15H20BrN3O/c1-17-15(19-12-5-3-4-6-12)18-10-11-7-8-14(20-2)13(16)9-11/h3-4,7-9,12H,5-6,10H2,1-2H3,(H2,17,18,19). The highest BCUT2D eigenvalue weighted by Crippen LogP contribution is 2.25. The first-order chi connectivity index (χ1) is 9.72. The number of ether oxygens (including phenoxy) is 1. The van der Waals surface area contributed by atoms with Gasteiger partial charge in [-0.1, -0.05) is 18.2 Å². The average molecular weight is 338 g/mol. The molecule has 0 heterocycles. The predicted molar refractivity (Wildman–Crippen MR) is 86.2 cm³/mol. The number of methoxy groups -OCH3 is 1. The lowest BCUT2D eigenvalue weighted by atomic mass is 10.2. The summed E-state index contributed by atoms with van der Waals surface area (Å²) in [7, 11) is 3.46. The van der Waals surface area contributed by atoms with Crippen LogP contribution in [-0.2, 0) is 6.54 Å². The van der Waals surface area contributed by atoms with Crippen LogP contribution in [0.1, 0.15) is 18.4 Å². The normalized spacial score (nSPS) is 15.4. The highest BCUT2D eigenvalue weighted by molar-refractivity contribution is 9.10. The molecule has 0 spiro atoms. The van der Waals surface area contributed by atoms with Crippen molar-refractivity contribution in [3.63, 3.8) is 0 Å². The Morgan fingerprint density at radius 2 is 2.15 bits per heavy atom. The summed E-state index contributed by atoms with van der Waals surface area (Å²) in [6, 6.07) is 6.51. The third-order valence-electron chi connectivity index (χ3n) is 3.25. The van der Waals surface area contributed by atoms with Gasteiger partial charge in [-0.15, -0.1) is 0 Å². The van der Waals surface area contributed by atoms with E-state index < -0.39 is 0 Å². The second-order valence-corrected chi connectivity index (χ2v) is 5.53. The highest BCUT2D eigenvalue weighted by Gasteiger charge is 2.11. The molecule has 0 saturated heterocycles. The molecule has 1 aliphatic rings. The molecule has 0 unspecified atom stereocenters. The number of aliphatic imine (C=N–C) groups is 1. The third-order valence-corrected chi connectivity index (χ3v) is 3.87. The number of nitrogens with one attached hydrogen (secondary N) is 2. The van der Waals surface area contributed by atoms with Crippen molar-refractivity contribution in [1.29, 1.82) is 0 Å². The third kappa shape index (κ3) is 4.00. The molecule has 2 N–H and O–H groups in total. The highest BCUT2D eigenvalue weighted by atomic mass is 79.9. The van der Waals surface area contributed by atoms with Crippen molar-refractivity contribution in [1.82, 2.24) is 10.6 Å². The Morgan fingerprint density at radius 3 is 2.75 bits per heavy atom. The molecule has 20 heavy (non-hydrogen) atoms. The van der Waals surface area contributed by atoms with E-state index in [0.717, 1.165) is 35.6 Å². The topological polar surface area (TPSA) is 45.7 Å². The minimum atomic E-state index is 0.462. The maximum Gasteiger partial charge on any atom is 0.191 e. The molecular formula is C15H20BrN3O. The fourth-order valence-corrected chi connectivity index (χ4v) is 2.72. The van der Waals surface area contributed by atoms with Gasteiger partial charge in [-0.05, 0) is 46.5 Å². The molecule has 0 aromatic heterocycles. The number of rotatable bonds is 4. The molecule has 2 rings (SSSR count). The molecule has 1 aromatic rings. The zero-order chi connectivity index (χ0) is 14.4. The summed E-state index contributed by atoms with van der Waals surface area (Å²) < 4.78 is 6.19. The van der Waals surface area contributed by atoms with Crippen LogP contribution in [0.25, 0.3) is 0 Å². The van der Waals surface area contributed by atoms with Gasteiger partial charge in [-0.2, -0.15) is 0 Å². The zero-order valence-corrected chi connectivity index (χ0v) is 13.4. The van der Waals surface area contributed by atoms with Crippen LogP contribution in [0, 0.1) is 0 Å². The molecule has 108 valence electrons. The number of halogens is 1. The second kappa shape index (κ2) is 7.33. The van der Waals surface area contributed by atoms with Gasteiger partial charge in [0.1, 0.15) is 5.75 Å². The van der Waals surface area contributed by atoms with Gasteiger partial charge in [0.2, 0.25) is 0 Å². The van der Waals surface area contributed by atoms with Crippen LogP contribution >= 0.6 is 15.9 Å². The smallest absolute Gasteiger partial charge is 0.191 e. The van der Waals surface area contributed by atoms with E-state index in [1.807, 2.05) is 12.1 Å². The van der Waals surface area contributed by atoms with Crippen molar-refractivity contribution in [3.8, 4) is 5.75 Å². The second-order valence-electron chi connectivity index (χ2n) is 4.68. The van der Waals surface area contributed by atoms with Gasteiger partial charge in [0.05, 0.1) is 11.6 Å². The summed E-state index contributed by atoms with van der Waals surface area (Å²) >= 11 is 3.50. The Hall–Kier alpha value is -1.49. The van der Waals surface area contributed by atoms with Crippen LogP contribution in [0.3, 0.4) is 0 Å². The first kappa shape index (κ1) is 14.9. The summed E-state index contributed by atoms with van der Waals surface area (Å²) in [5.41, 5.74) is 1.17. The van der Waals surface area contributed by atoms with Crippen LogP contribution in [0.4, 0.5) is 0 Å². The molecule has 0 bridgehead atoms. The molecule has 0 atom stereocenters. The minimum Gasteiger partial charge on any atom is -0.496 e. The molecule has 1 aromatic carbocycles. The maximum absolute atomic E-state index is 5.23. The summed E-state index contributed by atoms with van der Waals surface area (Å²) in [5, 5.41) is 6.74. The van der Waals surface area contributed by atoms with Gasteiger partial charge in [0, 0.05) is 19.6 Å². The average Bonchev–Trinajstić information content (AvgIpc) is 2.96. The molecule has 5 heteroatoms. The number of nitrogens with zero attached hydrogens (tertiary/aromatic N) is 1. The first-order valence-corrected chi connectivity index (χ1v) is 7.47. The molecule has 0 radical (unpaired) electrons. The molecule has 0 saturated carbocycles. The molecule has 4 nitrogen and oxygen atoms in total. The van der Waals surface area contributed by atoms with Crippen molar-refractivity contribution >= 4 is 21.9 Å². The quantitative estimate of drug-likeness (QED) is 0.504. The van der Waals surface area contributed by atoms with E-state index >= 15 is 0 Å². The van der Waals surface area contributed by atoms with E-state index in [9.17, 15) is 0 Å². The van der Waals surface area contributed by atoms with Gasteiger partial charge in [0.15, 0.2) is 5.96 Å². The number of hydrogen-bond acceptors (Lipinski definition) is 2. The van der Waals surface area contributed by atoms with Crippen molar-refractivity contribution in [2.24, 2.45) is 4.99 Å². The molecule has 0 amide bonds. The molecule has 0 aliphatic heterocycles. The maximum atomic E-state index is 5.23.